The lowest BCUT2D eigenvalue weighted by molar-refractivity contribution is 0.262. The van der Waals surface area contributed by atoms with Crippen LogP contribution in [0.15, 0.2) is 88.2 Å². The van der Waals surface area contributed by atoms with Gasteiger partial charge in [-0.05, 0) is 54.6 Å². The quantitative estimate of drug-likeness (QED) is 0.277. The van der Waals surface area contributed by atoms with Gasteiger partial charge in [-0.15, -0.1) is 11.3 Å². The smallest absolute Gasteiger partial charge is 0.323 e. The molecule has 2 amide bonds. The molecule has 6 rings (SSSR count). The number of imidazole rings is 1. The topological polar surface area (TPSA) is 122 Å². The van der Waals surface area contributed by atoms with Crippen molar-refractivity contribution in [1.82, 2.24) is 25.1 Å². The van der Waals surface area contributed by atoms with Crippen LogP contribution in [0.5, 0.6) is 0 Å². The van der Waals surface area contributed by atoms with Crippen LogP contribution in [0.1, 0.15) is 0 Å². The summed E-state index contributed by atoms with van der Waals surface area (Å²) in [5, 5.41) is 11.7. The maximum atomic E-state index is 12.2. The number of para-hydroxylation sites is 1. The lowest BCUT2D eigenvalue weighted by Gasteiger charge is -2.07. The van der Waals surface area contributed by atoms with Crippen LogP contribution >= 0.6 is 11.3 Å². The van der Waals surface area contributed by atoms with E-state index in [4.69, 9.17) is 4.52 Å². The Hall–Kier alpha value is -4.83. The first-order chi connectivity index (χ1) is 17.2. The third-order valence-corrected chi connectivity index (χ3v) is 5.85. The predicted molar refractivity (Wildman–Crippen MR) is 135 cm³/mol. The number of aromatic nitrogens is 5. The molecule has 3 aromatic carbocycles. The largest absolute Gasteiger partial charge is 0.337 e. The zero-order valence-electron chi connectivity index (χ0n) is 18.1. The minimum absolute atomic E-state index is 0.323. The summed E-state index contributed by atoms with van der Waals surface area (Å²) in [6.45, 7) is 0. The molecule has 10 heteroatoms. The van der Waals surface area contributed by atoms with Crippen LogP contribution in [0, 0.1) is 0 Å². The Bertz CT molecular complexity index is 1610. The number of anilines is 2. The van der Waals surface area contributed by atoms with Gasteiger partial charge >= 0.3 is 6.03 Å². The van der Waals surface area contributed by atoms with Crippen molar-refractivity contribution in [1.29, 1.82) is 0 Å². The summed E-state index contributed by atoms with van der Waals surface area (Å²) >= 11 is 1.52. The summed E-state index contributed by atoms with van der Waals surface area (Å²) in [7, 11) is 0. The second kappa shape index (κ2) is 8.84. The van der Waals surface area contributed by atoms with Crippen LogP contribution in [0.2, 0.25) is 0 Å². The van der Waals surface area contributed by atoms with Crippen LogP contribution in [0.4, 0.5) is 16.2 Å². The SMILES string of the molecule is O=C(Nc1ccccc1)Nc1ccc(-c2nc(-c3ccc4nc(-c5cscn5)[nH]c4c3)no2)cc1. The molecule has 9 nitrogen and oxygen atoms in total. The van der Waals surface area contributed by atoms with Gasteiger partial charge in [-0.3, -0.25) is 0 Å². The van der Waals surface area contributed by atoms with Crippen LogP contribution < -0.4 is 10.6 Å². The Kier molecular flexibility index (Phi) is 5.24. The monoisotopic (exact) mass is 479 g/mol. The molecule has 3 N–H and O–H groups in total. The molecule has 0 saturated heterocycles. The van der Waals surface area contributed by atoms with E-state index in [1.54, 1.807) is 17.6 Å². The van der Waals surface area contributed by atoms with Gasteiger partial charge in [-0.25, -0.2) is 14.8 Å². The van der Waals surface area contributed by atoms with Crippen LogP contribution in [-0.2, 0) is 0 Å². The summed E-state index contributed by atoms with van der Waals surface area (Å²) < 4.78 is 5.49. The number of aromatic amines is 1. The highest BCUT2D eigenvalue weighted by Crippen LogP contribution is 2.27. The molecule has 0 aliphatic rings. The third-order valence-electron chi connectivity index (χ3n) is 5.26. The summed E-state index contributed by atoms with van der Waals surface area (Å²) in [6.07, 6.45) is 0. The molecule has 0 saturated carbocycles. The summed E-state index contributed by atoms with van der Waals surface area (Å²) in [5.41, 5.74) is 7.18. The van der Waals surface area contributed by atoms with Crippen molar-refractivity contribution < 1.29 is 9.32 Å². The number of benzene rings is 3. The van der Waals surface area contributed by atoms with Crippen molar-refractivity contribution >= 4 is 39.8 Å². The highest BCUT2D eigenvalue weighted by atomic mass is 32.1. The van der Waals surface area contributed by atoms with Crippen molar-refractivity contribution in [2.75, 3.05) is 10.6 Å². The van der Waals surface area contributed by atoms with Gasteiger partial charge in [-0.1, -0.05) is 23.4 Å². The number of fused-ring (bicyclic) bond motifs is 1. The first-order valence-corrected chi connectivity index (χ1v) is 11.6. The zero-order chi connectivity index (χ0) is 23.6. The van der Waals surface area contributed by atoms with E-state index < -0.39 is 0 Å². The van der Waals surface area contributed by atoms with Gasteiger partial charge in [0.1, 0.15) is 5.69 Å². The molecule has 0 aliphatic carbocycles. The molecule has 170 valence electrons. The van der Waals surface area contributed by atoms with Gasteiger partial charge < -0.3 is 20.1 Å². The average Bonchev–Trinajstić information content (AvgIpc) is 3.65. The van der Waals surface area contributed by atoms with E-state index in [1.165, 1.54) is 11.3 Å². The maximum absolute atomic E-state index is 12.2. The van der Waals surface area contributed by atoms with E-state index in [0.29, 0.717) is 23.1 Å². The second-order valence-corrected chi connectivity index (χ2v) is 8.36. The van der Waals surface area contributed by atoms with Gasteiger partial charge in [0.05, 0.1) is 16.5 Å². The molecule has 3 aromatic heterocycles. The Morgan fingerprint density at radius 1 is 0.886 bits per heavy atom. The fraction of sp³-hybridized carbons (Fsp3) is 0. The number of hydrogen-bond donors (Lipinski definition) is 3. The van der Waals surface area contributed by atoms with Gasteiger partial charge in [-0.2, -0.15) is 4.98 Å². The van der Waals surface area contributed by atoms with E-state index in [1.807, 2.05) is 66.0 Å². The molecule has 0 radical (unpaired) electrons. The first-order valence-electron chi connectivity index (χ1n) is 10.7. The molecule has 0 unspecified atom stereocenters. The van der Waals surface area contributed by atoms with E-state index >= 15 is 0 Å². The molecular formula is C25H17N7O2S. The maximum Gasteiger partial charge on any atom is 0.323 e. The number of hydrogen-bond acceptors (Lipinski definition) is 7. The normalized spacial score (nSPS) is 11.0. The fourth-order valence-corrected chi connectivity index (χ4v) is 4.11. The molecule has 0 bridgehead atoms. The minimum atomic E-state index is -0.323. The Labute approximate surface area is 202 Å². The van der Waals surface area contributed by atoms with Gasteiger partial charge in [0.25, 0.3) is 5.89 Å². The second-order valence-electron chi connectivity index (χ2n) is 7.64. The van der Waals surface area contributed by atoms with Crippen molar-refractivity contribution in [2.45, 2.75) is 0 Å². The van der Waals surface area contributed by atoms with Gasteiger partial charge in [0.2, 0.25) is 5.82 Å². The molecule has 0 spiro atoms. The standard InChI is InChI=1S/C25H17N7O2S/c33-25(27-17-4-2-1-3-5-17)28-18-9-6-15(7-10-18)24-31-22(32-34-24)16-8-11-19-20(12-16)30-23(29-19)21-13-35-14-26-21/h1-14H,(H,29,30)(H2,27,28,33). The Morgan fingerprint density at radius 2 is 1.66 bits per heavy atom. The number of H-pyrrole nitrogens is 1. The number of amides is 2. The molecule has 3 heterocycles. The lowest BCUT2D eigenvalue weighted by atomic mass is 10.2. The van der Waals surface area contributed by atoms with Crippen LogP contribution in [-0.4, -0.2) is 31.1 Å². The molecule has 0 atom stereocenters. The summed E-state index contributed by atoms with van der Waals surface area (Å²) in [4.78, 5) is 28.9. The zero-order valence-corrected chi connectivity index (χ0v) is 18.9. The van der Waals surface area contributed by atoms with Gasteiger partial charge in [0, 0.05) is 27.9 Å². The highest BCUT2D eigenvalue weighted by Gasteiger charge is 2.13. The van der Waals surface area contributed by atoms with Crippen molar-refractivity contribution in [3.05, 3.63) is 83.7 Å². The molecule has 6 aromatic rings. The summed E-state index contributed by atoms with van der Waals surface area (Å²) in [5.74, 6) is 1.57. The Balaban J connectivity index is 1.17. The van der Waals surface area contributed by atoms with E-state index in [0.717, 1.165) is 33.7 Å². The number of carbonyl (C=O) groups is 1. The van der Waals surface area contributed by atoms with E-state index in [-0.39, 0.29) is 6.03 Å². The third kappa shape index (κ3) is 4.37. The van der Waals surface area contributed by atoms with E-state index in [9.17, 15) is 4.79 Å². The Morgan fingerprint density at radius 3 is 2.43 bits per heavy atom. The predicted octanol–water partition coefficient (Wildman–Crippen LogP) is 6.05. The van der Waals surface area contributed by atoms with Crippen LogP contribution in [0.3, 0.4) is 0 Å². The van der Waals surface area contributed by atoms with E-state index in [2.05, 4.69) is 35.7 Å². The minimum Gasteiger partial charge on any atom is -0.337 e. The van der Waals surface area contributed by atoms with Gasteiger partial charge in [0.15, 0.2) is 5.82 Å². The number of urea groups is 1. The molecule has 0 aliphatic heterocycles. The number of nitrogens with zero attached hydrogens (tertiary/aromatic N) is 4. The lowest BCUT2D eigenvalue weighted by Crippen LogP contribution is -2.19. The summed E-state index contributed by atoms with van der Waals surface area (Å²) in [6, 6.07) is 21.9. The molecule has 0 fully saturated rings. The van der Waals surface area contributed by atoms with Crippen molar-refractivity contribution in [2.24, 2.45) is 0 Å². The number of carbonyl (C=O) groups excluding carboxylic acids is 1. The van der Waals surface area contributed by atoms with Crippen LogP contribution in [0.25, 0.3) is 45.4 Å². The number of nitrogens with one attached hydrogen (secondary N) is 3. The fourth-order valence-electron chi connectivity index (χ4n) is 3.57. The molecular weight excluding hydrogens is 462 g/mol. The number of thiazole rings is 1. The highest BCUT2D eigenvalue weighted by molar-refractivity contribution is 7.07. The average molecular weight is 480 g/mol. The van der Waals surface area contributed by atoms with Crippen molar-refractivity contribution in [3.8, 4) is 34.4 Å². The van der Waals surface area contributed by atoms with Crippen molar-refractivity contribution in [3.63, 3.8) is 0 Å². The first kappa shape index (κ1) is 20.8. The number of rotatable bonds is 5. The molecule has 35 heavy (non-hydrogen) atoms.